The van der Waals surface area contributed by atoms with Crippen molar-refractivity contribution < 1.29 is 22.7 Å². The van der Waals surface area contributed by atoms with E-state index in [0.29, 0.717) is 5.56 Å². The van der Waals surface area contributed by atoms with Crippen LogP contribution in [0.25, 0.3) is 6.08 Å². The van der Waals surface area contributed by atoms with E-state index >= 15 is 0 Å². The highest BCUT2D eigenvalue weighted by Crippen LogP contribution is 2.58. The van der Waals surface area contributed by atoms with Crippen LogP contribution in [-0.4, -0.2) is 18.0 Å². The van der Waals surface area contributed by atoms with E-state index in [2.05, 4.69) is 4.99 Å². The van der Waals surface area contributed by atoms with E-state index < -0.39 is 17.6 Å². The number of hydrogen-bond acceptors (Lipinski definition) is 3. The number of aliphatic imine (C=N–C) groups is 1. The molecule has 0 spiro atoms. The predicted molar refractivity (Wildman–Crippen MR) is 70.6 cm³/mol. The van der Waals surface area contributed by atoms with Crippen LogP contribution in [0.4, 0.5) is 13.2 Å². The molecule has 0 saturated heterocycles. The zero-order valence-electron chi connectivity index (χ0n) is 11.2. The second-order valence-electron chi connectivity index (χ2n) is 5.25. The lowest BCUT2D eigenvalue weighted by Gasteiger charge is -2.19. The Kier molecular flexibility index (Phi) is 2.93. The van der Waals surface area contributed by atoms with E-state index in [1.165, 1.54) is 18.2 Å². The van der Waals surface area contributed by atoms with E-state index in [1.807, 2.05) is 0 Å². The molecule has 21 heavy (non-hydrogen) atoms. The summed E-state index contributed by atoms with van der Waals surface area (Å²) in [6.07, 6.45) is -2.46. The minimum atomic E-state index is -4.22. The molecule has 0 unspecified atom stereocenters. The third kappa shape index (κ3) is 2.34. The van der Waals surface area contributed by atoms with E-state index in [4.69, 9.17) is 4.74 Å². The van der Waals surface area contributed by atoms with Crippen molar-refractivity contribution in [1.29, 1.82) is 0 Å². The number of carbonyl (C=O) groups excluding carboxylic acids is 1. The van der Waals surface area contributed by atoms with Crippen molar-refractivity contribution in [2.24, 2.45) is 4.99 Å². The fourth-order valence-electron chi connectivity index (χ4n) is 2.43. The molecule has 1 aliphatic heterocycles. The van der Waals surface area contributed by atoms with Gasteiger partial charge in [0.15, 0.2) is 11.6 Å². The topological polar surface area (TPSA) is 38.7 Å². The molecule has 1 saturated carbocycles. The largest absolute Gasteiger partial charge is 0.407 e. The molecule has 0 radical (unpaired) electrons. The van der Waals surface area contributed by atoms with Gasteiger partial charge in [-0.1, -0.05) is 24.3 Å². The van der Waals surface area contributed by atoms with Gasteiger partial charge in [-0.15, -0.1) is 0 Å². The minimum absolute atomic E-state index is 0.132. The van der Waals surface area contributed by atoms with Gasteiger partial charge in [0, 0.05) is 6.92 Å². The Bertz CT molecular complexity index is 652. The molecule has 2 aliphatic rings. The molecular formula is C15H12F3NO2. The van der Waals surface area contributed by atoms with E-state index in [9.17, 15) is 18.0 Å². The number of rotatable bonds is 2. The fraction of sp³-hybridized carbons (Fsp3) is 0.333. The van der Waals surface area contributed by atoms with Crippen LogP contribution in [0, 0.1) is 0 Å². The molecule has 0 bridgehead atoms. The van der Waals surface area contributed by atoms with Gasteiger partial charge in [-0.2, -0.15) is 13.2 Å². The summed E-state index contributed by atoms with van der Waals surface area (Å²) >= 11 is 0. The first-order valence-electron chi connectivity index (χ1n) is 6.48. The van der Waals surface area contributed by atoms with Gasteiger partial charge in [0.2, 0.25) is 0 Å². The smallest absolute Gasteiger partial charge is 0.398 e. The average Bonchev–Trinajstić information content (AvgIpc) is 3.14. The molecule has 3 nitrogen and oxygen atoms in total. The fourth-order valence-corrected chi connectivity index (χ4v) is 2.43. The summed E-state index contributed by atoms with van der Waals surface area (Å²) < 4.78 is 43.8. The van der Waals surface area contributed by atoms with Crippen LogP contribution in [0.2, 0.25) is 0 Å². The molecule has 0 atom stereocenters. The standard InChI is InChI=1S/C15H12F3NO2/c1-9-19-12(13(20)21-9)8-10-2-4-11(5-3-10)14(6-7-14)15(16,17)18/h2-5,8H,6-7H2,1H3/b12-8-. The van der Waals surface area contributed by atoms with E-state index in [1.54, 1.807) is 19.1 Å². The third-order valence-corrected chi connectivity index (χ3v) is 3.79. The number of halogens is 3. The number of alkyl halides is 3. The third-order valence-electron chi connectivity index (χ3n) is 3.79. The normalized spacial score (nSPS) is 22.2. The van der Waals surface area contributed by atoms with Crippen LogP contribution in [0.3, 0.4) is 0 Å². The molecule has 0 amide bonds. The molecule has 3 rings (SSSR count). The van der Waals surface area contributed by atoms with Crippen LogP contribution in [0.1, 0.15) is 30.9 Å². The van der Waals surface area contributed by atoms with Crippen LogP contribution in [0.5, 0.6) is 0 Å². The Morgan fingerprint density at radius 2 is 1.86 bits per heavy atom. The molecule has 1 heterocycles. The number of benzene rings is 1. The van der Waals surface area contributed by atoms with Crippen molar-refractivity contribution in [3.05, 3.63) is 41.1 Å². The zero-order chi connectivity index (χ0) is 15.3. The maximum Gasteiger partial charge on any atom is 0.398 e. The highest BCUT2D eigenvalue weighted by Gasteiger charge is 2.64. The van der Waals surface area contributed by atoms with Gasteiger partial charge in [0.25, 0.3) is 0 Å². The lowest BCUT2D eigenvalue weighted by molar-refractivity contribution is -0.160. The first kappa shape index (κ1) is 13.9. The van der Waals surface area contributed by atoms with E-state index in [0.717, 1.165) is 0 Å². The van der Waals surface area contributed by atoms with Gasteiger partial charge >= 0.3 is 12.1 Å². The molecule has 1 aliphatic carbocycles. The summed E-state index contributed by atoms with van der Waals surface area (Å²) in [6, 6.07) is 6.04. The molecule has 1 aromatic rings. The quantitative estimate of drug-likeness (QED) is 0.617. The summed E-state index contributed by atoms with van der Waals surface area (Å²) in [5, 5.41) is 0. The number of nitrogens with zero attached hydrogens (tertiary/aromatic N) is 1. The first-order chi connectivity index (χ1) is 9.82. The molecular weight excluding hydrogens is 283 g/mol. The maximum absolute atomic E-state index is 13.0. The number of esters is 1. The van der Waals surface area contributed by atoms with Crippen LogP contribution in [-0.2, 0) is 14.9 Å². The Morgan fingerprint density at radius 3 is 2.29 bits per heavy atom. The van der Waals surface area contributed by atoms with Crippen molar-refractivity contribution >= 4 is 17.9 Å². The zero-order valence-corrected chi connectivity index (χ0v) is 11.2. The Labute approximate surface area is 119 Å². The number of hydrogen-bond donors (Lipinski definition) is 0. The lowest BCUT2D eigenvalue weighted by atomic mass is 9.94. The molecule has 0 N–H and O–H groups in total. The van der Waals surface area contributed by atoms with Gasteiger partial charge < -0.3 is 4.74 Å². The van der Waals surface area contributed by atoms with Gasteiger partial charge in [-0.3, -0.25) is 0 Å². The van der Waals surface area contributed by atoms with Crippen LogP contribution < -0.4 is 0 Å². The Hall–Kier alpha value is -2.11. The molecule has 6 heteroatoms. The van der Waals surface area contributed by atoms with E-state index in [-0.39, 0.29) is 30.0 Å². The van der Waals surface area contributed by atoms with Crippen molar-refractivity contribution in [2.75, 3.05) is 0 Å². The van der Waals surface area contributed by atoms with Crippen LogP contribution in [0.15, 0.2) is 35.0 Å². The first-order valence-corrected chi connectivity index (χ1v) is 6.48. The summed E-state index contributed by atoms with van der Waals surface area (Å²) in [5.74, 6) is -0.289. The monoisotopic (exact) mass is 295 g/mol. The SMILES string of the molecule is CC1=N/C(=C\c2ccc(C3(C(F)(F)F)CC3)cc2)C(=O)O1. The number of carbonyl (C=O) groups is 1. The summed E-state index contributed by atoms with van der Waals surface area (Å²) in [6.45, 7) is 1.56. The van der Waals surface area contributed by atoms with Gasteiger partial charge in [-0.05, 0) is 30.0 Å². The summed E-state index contributed by atoms with van der Waals surface area (Å²) in [5.41, 5.74) is -0.648. The lowest BCUT2D eigenvalue weighted by Crippen LogP contribution is -2.28. The minimum Gasteiger partial charge on any atom is -0.407 e. The molecule has 1 fully saturated rings. The van der Waals surface area contributed by atoms with Crippen molar-refractivity contribution in [1.82, 2.24) is 0 Å². The second-order valence-corrected chi connectivity index (χ2v) is 5.25. The van der Waals surface area contributed by atoms with Gasteiger partial charge in [-0.25, -0.2) is 9.79 Å². The van der Waals surface area contributed by atoms with Crippen LogP contribution >= 0.6 is 0 Å². The van der Waals surface area contributed by atoms with Gasteiger partial charge in [0.05, 0.1) is 5.41 Å². The summed E-state index contributed by atoms with van der Waals surface area (Å²) in [4.78, 5) is 15.3. The predicted octanol–water partition coefficient (Wildman–Crippen LogP) is 3.60. The van der Waals surface area contributed by atoms with Crippen molar-refractivity contribution in [3.63, 3.8) is 0 Å². The number of ether oxygens (including phenoxy) is 1. The maximum atomic E-state index is 13.0. The molecule has 0 aromatic heterocycles. The molecule has 1 aromatic carbocycles. The molecule has 110 valence electrons. The second kappa shape index (κ2) is 4.44. The Balaban J connectivity index is 1.86. The highest BCUT2D eigenvalue weighted by molar-refractivity contribution is 6.06. The van der Waals surface area contributed by atoms with Gasteiger partial charge in [0.1, 0.15) is 0 Å². The average molecular weight is 295 g/mol. The van der Waals surface area contributed by atoms with Crippen molar-refractivity contribution in [2.45, 2.75) is 31.4 Å². The Morgan fingerprint density at radius 1 is 1.24 bits per heavy atom. The highest BCUT2D eigenvalue weighted by atomic mass is 19.4. The number of cyclic esters (lactones) is 1. The summed E-state index contributed by atoms with van der Waals surface area (Å²) in [7, 11) is 0. The van der Waals surface area contributed by atoms with Crippen molar-refractivity contribution in [3.8, 4) is 0 Å².